The molecule has 0 radical (unpaired) electrons. The molecule has 0 unspecified atom stereocenters. The summed E-state index contributed by atoms with van der Waals surface area (Å²) in [7, 11) is 0. The lowest BCUT2D eigenvalue weighted by Crippen LogP contribution is -2.47. The minimum absolute atomic E-state index is 0.0285. The first-order valence-electron chi connectivity index (χ1n) is 10.9. The Morgan fingerprint density at radius 2 is 1.45 bits per heavy atom. The van der Waals surface area contributed by atoms with Gasteiger partial charge < -0.3 is 16.0 Å². The summed E-state index contributed by atoms with van der Waals surface area (Å²) >= 11 is 0. The van der Waals surface area contributed by atoms with E-state index >= 15 is 0 Å². The van der Waals surface area contributed by atoms with E-state index in [1.165, 1.54) is 6.92 Å². The van der Waals surface area contributed by atoms with Crippen molar-refractivity contribution in [2.24, 2.45) is 11.8 Å². The predicted octanol–water partition coefficient (Wildman–Crippen LogP) is 4.14. The number of benzene rings is 2. The van der Waals surface area contributed by atoms with Gasteiger partial charge in [0.25, 0.3) is 0 Å². The van der Waals surface area contributed by atoms with E-state index in [1.54, 1.807) is 24.3 Å². The zero-order chi connectivity index (χ0) is 22.2. The molecule has 31 heavy (non-hydrogen) atoms. The van der Waals surface area contributed by atoms with Gasteiger partial charge in [-0.3, -0.25) is 14.4 Å². The van der Waals surface area contributed by atoms with Crippen molar-refractivity contribution in [1.82, 2.24) is 5.32 Å². The Bertz CT molecular complexity index is 888. The Labute approximate surface area is 183 Å². The van der Waals surface area contributed by atoms with Crippen molar-refractivity contribution < 1.29 is 14.4 Å². The van der Waals surface area contributed by atoms with Gasteiger partial charge in [-0.25, -0.2) is 0 Å². The predicted molar refractivity (Wildman–Crippen MR) is 123 cm³/mol. The van der Waals surface area contributed by atoms with E-state index in [0.717, 1.165) is 31.2 Å². The number of hydrogen-bond donors (Lipinski definition) is 3. The lowest BCUT2D eigenvalue weighted by atomic mass is 9.82. The van der Waals surface area contributed by atoms with Gasteiger partial charge in [0, 0.05) is 30.6 Å². The number of amides is 3. The third-order valence-corrected chi connectivity index (χ3v) is 5.78. The summed E-state index contributed by atoms with van der Waals surface area (Å²) in [6, 6.07) is 15.9. The molecule has 1 aliphatic rings. The van der Waals surface area contributed by atoms with Crippen LogP contribution in [0, 0.1) is 11.8 Å². The molecule has 6 nitrogen and oxygen atoms in total. The molecule has 164 valence electrons. The van der Waals surface area contributed by atoms with E-state index < -0.39 is 6.04 Å². The lowest BCUT2D eigenvalue weighted by Gasteiger charge is -2.27. The molecule has 0 spiro atoms. The fraction of sp³-hybridized carbons (Fsp3) is 0.400. The first kappa shape index (κ1) is 22.5. The molecule has 6 heteroatoms. The number of carbonyl (C=O) groups excluding carboxylic acids is 3. The lowest BCUT2D eigenvalue weighted by molar-refractivity contribution is -0.130. The fourth-order valence-corrected chi connectivity index (χ4v) is 3.94. The largest absolute Gasteiger partial charge is 0.344 e. The maximum absolute atomic E-state index is 13.1. The second-order valence-corrected chi connectivity index (χ2v) is 8.46. The molecule has 2 aromatic rings. The number of rotatable bonds is 7. The van der Waals surface area contributed by atoms with Crippen molar-refractivity contribution in [3.05, 3.63) is 60.2 Å². The molecule has 2 aromatic carbocycles. The zero-order valence-electron chi connectivity index (χ0n) is 18.2. The highest BCUT2D eigenvalue weighted by Gasteiger charge is 2.28. The summed E-state index contributed by atoms with van der Waals surface area (Å²) in [6.07, 6.45) is 4.27. The molecule has 1 aliphatic carbocycles. The van der Waals surface area contributed by atoms with E-state index in [1.807, 2.05) is 30.3 Å². The standard InChI is InChI=1S/C25H31N3O3/c1-17-8-10-20(11-9-17)24(30)28-23(16-19-6-4-3-5-7-19)25(31)27-22-14-12-21(13-15-22)26-18(2)29/h3-7,12-15,17,20,23H,8-11,16H2,1-2H3,(H,26,29)(H,27,31)(H,28,30)/t17?,20?,23-/m1/s1. The molecular weight excluding hydrogens is 390 g/mol. The second kappa shape index (κ2) is 10.8. The van der Waals surface area contributed by atoms with Gasteiger partial charge in [-0.1, -0.05) is 37.3 Å². The van der Waals surface area contributed by atoms with Gasteiger partial charge in [0.05, 0.1) is 0 Å². The van der Waals surface area contributed by atoms with Gasteiger partial charge in [-0.05, 0) is 61.4 Å². The normalized spacial score (nSPS) is 19.2. The molecule has 3 rings (SSSR count). The van der Waals surface area contributed by atoms with Crippen LogP contribution in [0.2, 0.25) is 0 Å². The summed E-state index contributed by atoms with van der Waals surface area (Å²) in [4.78, 5) is 37.1. The highest BCUT2D eigenvalue weighted by molar-refractivity contribution is 5.98. The number of hydrogen-bond acceptors (Lipinski definition) is 3. The quantitative estimate of drug-likeness (QED) is 0.628. The Morgan fingerprint density at radius 3 is 2.03 bits per heavy atom. The van der Waals surface area contributed by atoms with Gasteiger partial charge in [0.1, 0.15) is 6.04 Å². The van der Waals surface area contributed by atoms with Crippen LogP contribution in [-0.2, 0) is 20.8 Å². The van der Waals surface area contributed by atoms with Crippen molar-refractivity contribution in [3.63, 3.8) is 0 Å². The molecule has 0 aromatic heterocycles. The van der Waals surface area contributed by atoms with Crippen LogP contribution in [0.15, 0.2) is 54.6 Å². The minimum atomic E-state index is -0.663. The average Bonchev–Trinajstić information content (AvgIpc) is 2.75. The van der Waals surface area contributed by atoms with E-state index in [9.17, 15) is 14.4 Å². The van der Waals surface area contributed by atoms with Crippen molar-refractivity contribution in [3.8, 4) is 0 Å². The third-order valence-electron chi connectivity index (χ3n) is 5.78. The Hall–Kier alpha value is -3.15. The minimum Gasteiger partial charge on any atom is -0.344 e. The van der Waals surface area contributed by atoms with Crippen LogP contribution in [0.25, 0.3) is 0 Å². The van der Waals surface area contributed by atoms with Crippen LogP contribution in [0.5, 0.6) is 0 Å². The summed E-state index contributed by atoms with van der Waals surface area (Å²) in [5.74, 6) is 0.185. The van der Waals surface area contributed by atoms with E-state index in [0.29, 0.717) is 23.7 Å². The molecular formula is C25H31N3O3. The van der Waals surface area contributed by atoms with E-state index in [4.69, 9.17) is 0 Å². The Balaban J connectivity index is 1.68. The number of nitrogens with one attached hydrogen (secondary N) is 3. The maximum atomic E-state index is 13.1. The first-order valence-corrected chi connectivity index (χ1v) is 10.9. The van der Waals surface area contributed by atoms with E-state index in [-0.39, 0.29) is 23.6 Å². The summed E-state index contributed by atoms with van der Waals surface area (Å²) < 4.78 is 0. The van der Waals surface area contributed by atoms with Crippen LogP contribution < -0.4 is 16.0 Å². The summed E-state index contributed by atoms with van der Waals surface area (Å²) in [5, 5.41) is 8.59. The molecule has 0 bridgehead atoms. The SMILES string of the molecule is CC(=O)Nc1ccc(NC(=O)[C@@H](Cc2ccccc2)NC(=O)C2CCC(C)CC2)cc1. The Morgan fingerprint density at radius 1 is 0.871 bits per heavy atom. The van der Waals surface area contributed by atoms with E-state index in [2.05, 4.69) is 22.9 Å². The van der Waals surface area contributed by atoms with Crippen molar-refractivity contribution in [1.29, 1.82) is 0 Å². The monoisotopic (exact) mass is 421 g/mol. The van der Waals surface area contributed by atoms with Gasteiger partial charge >= 0.3 is 0 Å². The van der Waals surface area contributed by atoms with Crippen molar-refractivity contribution in [2.75, 3.05) is 10.6 Å². The molecule has 1 saturated carbocycles. The van der Waals surface area contributed by atoms with Crippen LogP contribution in [0.4, 0.5) is 11.4 Å². The molecule has 1 fully saturated rings. The van der Waals surface area contributed by atoms with Gasteiger partial charge in [0.2, 0.25) is 17.7 Å². The molecule has 3 N–H and O–H groups in total. The molecule has 1 atom stereocenters. The maximum Gasteiger partial charge on any atom is 0.247 e. The van der Waals surface area contributed by atoms with Crippen molar-refractivity contribution in [2.45, 2.75) is 52.0 Å². The smallest absolute Gasteiger partial charge is 0.247 e. The summed E-state index contributed by atoms with van der Waals surface area (Å²) in [5.41, 5.74) is 2.25. The van der Waals surface area contributed by atoms with Gasteiger partial charge in [-0.15, -0.1) is 0 Å². The Kier molecular flexibility index (Phi) is 7.82. The van der Waals surface area contributed by atoms with Crippen molar-refractivity contribution >= 4 is 29.1 Å². The first-order chi connectivity index (χ1) is 14.9. The molecule has 0 saturated heterocycles. The van der Waals surface area contributed by atoms with Gasteiger partial charge in [0.15, 0.2) is 0 Å². The summed E-state index contributed by atoms with van der Waals surface area (Å²) in [6.45, 7) is 3.66. The molecule has 3 amide bonds. The van der Waals surface area contributed by atoms with Crippen LogP contribution in [0.3, 0.4) is 0 Å². The number of carbonyl (C=O) groups is 3. The van der Waals surface area contributed by atoms with Crippen LogP contribution >= 0.6 is 0 Å². The highest BCUT2D eigenvalue weighted by Crippen LogP contribution is 2.28. The second-order valence-electron chi connectivity index (χ2n) is 8.46. The molecule has 0 aliphatic heterocycles. The van der Waals surface area contributed by atoms with Gasteiger partial charge in [-0.2, -0.15) is 0 Å². The average molecular weight is 422 g/mol. The highest BCUT2D eigenvalue weighted by atomic mass is 16.2. The fourth-order valence-electron chi connectivity index (χ4n) is 3.94. The topological polar surface area (TPSA) is 87.3 Å². The third kappa shape index (κ3) is 6.95. The molecule has 0 heterocycles. The van der Waals surface area contributed by atoms with Crippen LogP contribution in [0.1, 0.15) is 45.1 Å². The zero-order valence-corrected chi connectivity index (χ0v) is 18.2. The van der Waals surface area contributed by atoms with Crippen LogP contribution in [-0.4, -0.2) is 23.8 Å². The number of anilines is 2.